The van der Waals surface area contributed by atoms with Crippen molar-refractivity contribution < 1.29 is 32.9 Å². The first-order valence-electron chi connectivity index (χ1n) is 14.9. The first-order chi connectivity index (χ1) is 18.2. The van der Waals surface area contributed by atoms with Crippen LogP contribution in [0.5, 0.6) is 0 Å². The molecule has 1 rings (SSSR count). The van der Waals surface area contributed by atoms with E-state index in [1.54, 1.807) is 0 Å². The van der Waals surface area contributed by atoms with Gasteiger partial charge in [-0.2, -0.15) is 0 Å². The van der Waals surface area contributed by atoms with Crippen molar-refractivity contribution >= 4 is 71.4 Å². The van der Waals surface area contributed by atoms with Gasteiger partial charge in [-0.25, -0.2) is 0 Å². The molecule has 0 aromatic rings. The normalized spacial score (nSPS) is 30.6. The van der Waals surface area contributed by atoms with Gasteiger partial charge >= 0.3 is 35.2 Å². The quantitative estimate of drug-likeness (QED) is 0.153. The Morgan fingerprint density at radius 1 is 0.375 bits per heavy atom. The molecule has 16 heteroatoms. The molecule has 0 amide bonds. The van der Waals surface area contributed by atoms with Crippen LogP contribution >= 0.6 is 0 Å². The van der Waals surface area contributed by atoms with Gasteiger partial charge in [0.05, 0.1) is 0 Å². The Balaban J connectivity index is 4.16. The Bertz CT molecular complexity index is 564. The molecule has 0 spiro atoms. The fourth-order valence-corrected chi connectivity index (χ4v) is 37.0. The highest BCUT2D eigenvalue weighted by Gasteiger charge is 2.68. The minimum atomic E-state index is -3.40. The Labute approximate surface area is 258 Å². The van der Waals surface area contributed by atoms with Crippen molar-refractivity contribution in [2.45, 2.75) is 132 Å². The monoisotopic (exact) mass is 700 g/mol. The molecule has 40 heavy (non-hydrogen) atoms. The zero-order valence-corrected chi connectivity index (χ0v) is 36.4. The summed E-state index contributed by atoms with van der Waals surface area (Å²) in [5.41, 5.74) is 0. The first-order valence-corrected chi connectivity index (χ1v) is 32.3. The van der Waals surface area contributed by atoms with Crippen molar-refractivity contribution in [3.63, 3.8) is 0 Å². The summed E-state index contributed by atoms with van der Waals surface area (Å²) in [5, 5.41) is 0. The Hall–Kier alpha value is 1.42. The van der Waals surface area contributed by atoms with Crippen LogP contribution in [0.2, 0.25) is 76.6 Å². The molecule has 1 saturated heterocycles. The van der Waals surface area contributed by atoms with Crippen LogP contribution < -0.4 is 0 Å². The van der Waals surface area contributed by atoms with E-state index in [4.69, 9.17) is 32.9 Å². The van der Waals surface area contributed by atoms with E-state index in [1.165, 1.54) is 0 Å². The summed E-state index contributed by atoms with van der Waals surface area (Å²) in [6, 6.07) is 2.68. The van der Waals surface area contributed by atoms with Crippen LogP contribution in [-0.2, 0) is 32.9 Å². The highest BCUT2D eigenvalue weighted by molar-refractivity contribution is 6.93. The summed E-state index contributed by atoms with van der Waals surface area (Å²) in [6.07, 6.45) is 0. The number of hydrogen-bond donors (Lipinski definition) is 0. The van der Waals surface area contributed by atoms with Crippen LogP contribution in [0.4, 0.5) is 0 Å². The van der Waals surface area contributed by atoms with E-state index < -0.39 is 71.4 Å². The zero-order chi connectivity index (χ0) is 31.1. The summed E-state index contributed by atoms with van der Waals surface area (Å²) in [4.78, 5) is 0. The van der Waals surface area contributed by atoms with Gasteiger partial charge in [0.2, 0.25) is 0 Å². The number of hydrogen-bond acceptors (Lipinski definition) is 8. The maximum absolute atomic E-state index is 7.44. The fraction of sp³-hybridized carbons (Fsp3) is 1.00. The Morgan fingerprint density at radius 2 is 0.525 bits per heavy atom. The highest BCUT2D eigenvalue weighted by Crippen LogP contribution is 2.43. The van der Waals surface area contributed by atoms with Gasteiger partial charge in [0.1, 0.15) is 0 Å². The summed E-state index contributed by atoms with van der Waals surface area (Å²) in [7, 11) is -18.4. The Kier molecular flexibility index (Phi) is 16.4. The van der Waals surface area contributed by atoms with Gasteiger partial charge in [-0.05, 0) is 76.0 Å². The van der Waals surface area contributed by atoms with E-state index >= 15 is 0 Å². The third kappa shape index (κ3) is 13.6. The molecular weight excluding hydrogens is 641 g/mol. The van der Waals surface area contributed by atoms with Crippen molar-refractivity contribution in [2.75, 3.05) is 0 Å². The summed E-state index contributed by atoms with van der Waals surface area (Å²) < 4.78 is 57.5. The third-order valence-electron chi connectivity index (χ3n) is 5.32. The highest BCUT2D eigenvalue weighted by atomic mass is 28.6. The average molecular weight is 701 g/mol. The van der Waals surface area contributed by atoms with E-state index in [-0.39, 0.29) is 0 Å². The standard InChI is InChI=1S/C24H60O8Si8/c1-21(2)17-37(25-33(9)10)29-38(18-22(3)4,26-34(11)12)31-40(20-24(7)8,28-36(15)16)32-39(30-37,19-23(5)6)27-35(13)14/h21-24H,17-20H2,1-16H3. The van der Waals surface area contributed by atoms with Crippen LogP contribution in [-0.4, -0.2) is 71.4 Å². The first kappa shape index (κ1) is 39.4. The predicted molar refractivity (Wildman–Crippen MR) is 180 cm³/mol. The van der Waals surface area contributed by atoms with Gasteiger partial charge in [0.15, 0.2) is 36.2 Å². The van der Waals surface area contributed by atoms with Crippen LogP contribution in [0.1, 0.15) is 55.4 Å². The second-order valence-electron chi connectivity index (χ2n) is 13.6. The van der Waals surface area contributed by atoms with Gasteiger partial charge in [0, 0.05) is 24.2 Å². The average Bonchev–Trinajstić information content (AvgIpc) is 2.60. The minimum absolute atomic E-state index is 0.292. The van der Waals surface area contributed by atoms with E-state index in [0.717, 1.165) is 0 Å². The van der Waals surface area contributed by atoms with Gasteiger partial charge in [-0.3, -0.25) is 0 Å². The zero-order valence-electron chi connectivity index (χ0n) is 28.4. The Morgan fingerprint density at radius 3 is 0.625 bits per heavy atom. The lowest BCUT2D eigenvalue weighted by atomic mass is 10.3. The molecule has 1 heterocycles. The largest absolute Gasteiger partial charge is 0.475 e. The molecule has 1 aliphatic heterocycles. The summed E-state index contributed by atoms with van der Waals surface area (Å²) in [5.74, 6) is 1.17. The molecular formula is C24H60O8Si8. The van der Waals surface area contributed by atoms with Crippen molar-refractivity contribution in [1.29, 1.82) is 0 Å². The summed E-state index contributed by atoms with van der Waals surface area (Å²) >= 11 is 0. The smallest absolute Gasteiger partial charge is 0.416 e. The van der Waals surface area contributed by atoms with Crippen molar-refractivity contribution in [3.8, 4) is 0 Å². The molecule has 4 radical (unpaired) electrons. The van der Waals surface area contributed by atoms with E-state index in [9.17, 15) is 0 Å². The minimum Gasteiger partial charge on any atom is -0.416 e. The van der Waals surface area contributed by atoms with Gasteiger partial charge in [-0.15, -0.1) is 0 Å². The topological polar surface area (TPSA) is 73.8 Å². The van der Waals surface area contributed by atoms with Crippen molar-refractivity contribution in [3.05, 3.63) is 0 Å². The molecule has 8 nitrogen and oxygen atoms in total. The van der Waals surface area contributed by atoms with Crippen LogP contribution in [0.3, 0.4) is 0 Å². The maximum Gasteiger partial charge on any atom is 0.475 e. The van der Waals surface area contributed by atoms with E-state index in [2.05, 4.69) is 108 Å². The molecule has 0 saturated carbocycles. The summed E-state index contributed by atoms with van der Waals surface area (Å²) in [6.45, 7) is 34.9. The van der Waals surface area contributed by atoms with Gasteiger partial charge in [0.25, 0.3) is 0 Å². The molecule has 0 atom stereocenters. The molecule has 0 unspecified atom stereocenters. The molecule has 0 aromatic carbocycles. The van der Waals surface area contributed by atoms with Crippen molar-refractivity contribution in [2.24, 2.45) is 23.7 Å². The lowest BCUT2D eigenvalue weighted by molar-refractivity contribution is 0.0754. The van der Waals surface area contributed by atoms with Gasteiger partial charge in [-0.1, -0.05) is 55.4 Å². The molecule has 0 N–H and O–H groups in total. The number of rotatable bonds is 16. The molecule has 1 fully saturated rings. The fourth-order valence-electron chi connectivity index (χ4n) is 4.94. The van der Waals surface area contributed by atoms with Crippen LogP contribution in [0, 0.1) is 23.7 Å². The molecule has 1 aliphatic rings. The second kappa shape index (κ2) is 16.6. The van der Waals surface area contributed by atoms with Crippen LogP contribution in [0.15, 0.2) is 0 Å². The maximum atomic E-state index is 7.44. The lowest BCUT2D eigenvalue weighted by Crippen LogP contribution is -2.75. The van der Waals surface area contributed by atoms with E-state index in [0.29, 0.717) is 47.8 Å². The van der Waals surface area contributed by atoms with Gasteiger partial charge < -0.3 is 32.9 Å². The molecule has 0 aliphatic carbocycles. The van der Waals surface area contributed by atoms with E-state index in [1.807, 2.05) is 0 Å². The third-order valence-corrected chi connectivity index (χ3v) is 32.0. The van der Waals surface area contributed by atoms with Crippen molar-refractivity contribution in [1.82, 2.24) is 0 Å². The molecule has 236 valence electrons. The van der Waals surface area contributed by atoms with Crippen LogP contribution in [0.25, 0.3) is 0 Å². The SMILES string of the molecule is CC(C)C[Si]1(O[Si](C)C)O[Si](CC(C)C)(O[Si](C)C)O[Si](CC(C)C)(O[Si](C)C)O[Si](CC(C)C)(O[Si](C)C)O1. The lowest BCUT2D eigenvalue weighted by Gasteiger charge is -2.52. The predicted octanol–water partition coefficient (Wildman–Crippen LogP) is 7.52. The molecule has 0 aromatic heterocycles. The molecule has 0 bridgehead atoms. The second-order valence-corrected chi connectivity index (χ2v) is 34.5.